The fourth-order valence-corrected chi connectivity index (χ4v) is 3.18. The van der Waals surface area contributed by atoms with E-state index < -0.39 is 34.0 Å². The first-order valence-corrected chi connectivity index (χ1v) is 8.17. The van der Waals surface area contributed by atoms with E-state index in [0.29, 0.717) is 0 Å². The van der Waals surface area contributed by atoms with Crippen molar-refractivity contribution in [2.75, 3.05) is 13.2 Å². The summed E-state index contributed by atoms with van der Waals surface area (Å²) in [5.74, 6) is -2.08. The lowest BCUT2D eigenvalue weighted by Crippen LogP contribution is -2.47. The summed E-state index contributed by atoms with van der Waals surface area (Å²) in [7, 11) is -4.12. The Morgan fingerprint density at radius 1 is 1.52 bits per heavy atom. The summed E-state index contributed by atoms with van der Waals surface area (Å²) in [6.07, 6.45) is 1.17. The number of sulfonamides is 1. The second-order valence-corrected chi connectivity index (χ2v) is 7.34. The van der Waals surface area contributed by atoms with E-state index in [2.05, 4.69) is 0 Å². The van der Waals surface area contributed by atoms with E-state index in [1.807, 2.05) is 4.72 Å². The fraction of sp³-hybridized carbons (Fsp3) is 0.308. The minimum absolute atomic E-state index is 0.00877. The van der Waals surface area contributed by atoms with E-state index in [-0.39, 0.29) is 27.8 Å². The summed E-state index contributed by atoms with van der Waals surface area (Å²) in [6, 6.07) is 2.10. The minimum Gasteiger partial charge on any atom is -0.486 e. The van der Waals surface area contributed by atoms with E-state index in [1.54, 1.807) is 0 Å². The van der Waals surface area contributed by atoms with E-state index in [9.17, 15) is 22.7 Å². The molecule has 1 heterocycles. The second kappa shape index (κ2) is 6.08. The van der Waals surface area contributed by atoms with E-state index in [4.69, 9.17) is 21.4 Å². The highest BCUT2D eigenvalue weighted by Crippen LogP contribution is 2.35. The molecule has 0 saturated carbocycles. The van der Waals surface area contributed by atoms with Crippen molar-refractivity contribution in [3.05, 3.63) is 33.4 Å². The van der Waals surface area contributed by atoms with Gasteiger partial charge in [-0.15, -0.1) is 0 Å². The summed E-state index contributed by atoms with van der Waals surface area (Å²) in [6.45, 7) is -0.143. The first kappa shape index (κ1) is 17.7. The maximum absolute atomic E-state index is 13.3. The van der Waals surface area contributed by atoms with Gasteiger partial charge in [0, 0.05) is 5.56 Å². The molecule has 1 unspecified atom stereocenters. The Labute approximate surface area is 136 Å². The normalized spacial score (nSPS) is 16.8. The fourth-order valence-electron chi connectivity index (χ4n) is 1.76. The number of rotatable bonds is 5. The zero-order chi connectivity index (χ0) is 17.4. The van der Waals surface area contributed by atoms with Gasteiger partial charge in [0.1, 0.15) is 18.2 Å². The number of carboxylic acid groups (broad SMARTS) is 1. The molecular formula is C13H13ClFNO6S. The molecule has 0 fully saturated rings. The van der Waals surface area contributed by atoms with Gasteiger partial charge in [-0.3, -0.25) is 0 Å². The molecule has 1 aliphatic heterocycles. The van der Waals surface area contributed by atoms with E-state index >= 15 is 0 Å². The third kappa shape index (κ3) is 3.81. The van der Waals surface area contributed by atoms with Crippen LogP contribution in [0.1, 0.15) is 12.5 Å². The van der Waals surface area contributed by atoms with Crippen molar-refractivity contribution >= 4 is 33.7 Å². The predicted octanol–water partition coefficient (Wildman–Crippen LogP) is 0.967. The van der Waals surface area contributed by atoms with Gasteiger partial charge in [-0.25, -0.2) is 22.3 Å². The molecule has 0 saturated heterocycles. The van der Waals surface area contributed by atoms with Gasteiger partial charge < -0.3 is 14.9 Å². The lowest BCUT2D eigenvalue weighted by Gasteiger charge is -2.22. The molecular weight excluding hydrogens is 353 g/mol. The zero-order valence-electron chi connectivity index (χ0n) is 11.8. The average Bonchev–Trinajstić information content (AvgIpc) is 2.44. The van der Waals surface area contributed by atoms with Crippen molar-refractivity contribution in [1.29, 1.82) is 0 Å². The molecule has 0 amide bonds. The Morgan fingerprint density at radius 2 is 2.17 bits per heavy atom. The van der Waals surface area contributed by atoms with Crippen LogP contribution in [0.25, 0.3) is 6.08 Å². The third-order valence-corrected chi connectivity index (χ3v) is 4.86. The molecule has 0 aliphatic carbocycles. The SMILES string of the molecule is CC(O)(CNS(=O)(=O)C1=Cc2cc(F)cc(Cl)c2OC1)C(=O)O. The third-order valence-electron chi connectivity index (χ3n) is 3.12. The molecule has 1 atom stereocenters. The molecule has 2 rings (SSSR count). The minimum atomic E-state index is -4.12. The van der Waals surface area contributed by atoms with Crippen LogP contribution in [0.15, 0.2) is 17.0 Å². The highest BCUT2D eigenvalue weighted by molar-refractivity contribution is 7.93. The number of fused-ring (bicyclic) bond motifs is 1. The van der Waals surface area contributed by atoms with Crippen LogP contribution in [0.5, 0.6) is 5.75 Å². The number of hydrogen-bond donors (Lipinski definition) is 3. The molecule has 1 aromatic carbocycles. The monoisotopic (exact) mass is 365 g/mol. The number of benzene rings is 1. The maximum Gasteiger partial charge on any atom is 0.336 e. The molecule has 0 bridgehead atoms. The Bertz CT molecular complexity index is 790. The van der Waals surface area contributed by atoms with Crippen LogP contribution in [0.2, 0.25) is 5.02 Å². The molecule has 3 N–H and O–H groups in total. The quantitative estimate of drug-likeness (QED) is 0.716. The van der Waals surface area contributed by atoms with Crippen molar-refractivity contribution in [2.45, 2.75) is 12.5 Å². The molecule has 1 aliphatic rings. The Balaban J connectivity index is 2.27. The highest BCUT2D eigenvalue weighted by atomic mass is 35.5. The van der Waals surface area contributed by atoms with Crippen LogP contribution in [0.3, 0.4) is 0 Å². The van der Waals surface area contributed by atoms with Crippen LogP contribution in [-0.4, -0.2) is 43.4 Å². The Kier molecular flexibility index (Phi) is 4.67. The maximum atomic E-state index is 13.3. The smallest absolute Gasteiger partial charge is 0.336 e. The van der Waals surface area contributed by atoms with Gasteiger partial charge in [-0.05, 0) is 25.1 Å². The van der Waals surface area contributed by atoms with Gasteiger partial charge >= 0.3 is 5.97 Å². The van der Waals surface area contributed by atoms with Gasteiger partial charge in [0.05, 0.1) is 16.5 Å². The number of hydrogen-bond acceptors (Lipinski definition) is 5. The molecule has 23 heavy (non-hydrogen) atoms. The second-order valence-electron chi connectivity index (χ2n) is 5.11. The topological polar surface area (TPSA) is 113 Å². The van der Waals surface area contributed by atoms with E-state index in [0.717, 1.165) is 19.1 Å². The molecule has 0 spiro atoms. The summed E-state index contributed by atoms with van der Waals surface area (Å²) in [4.78, 5) is 10.5. The van der Waals surface area contributed by atoms with E-state index in [1.165, 1.54) is 6.08 Å². The number of carbonyl (C=O) groups is 1. The largest absolute Gasteiger partial charge is 0.486 e. The van der Waals surface area contributed by atoms with Gasteiger partial charge in [-0.1, -0.05) is 11.6 Å². The van der Waals surface area contributed by atoms with Crippen LogP contribution in [-0.2, 0) is 14.8 Å². The molecule has 0 aromatic heterocycles. The van der Waals surface area contributed by atoms with Crippen LogP contribution >= 0.6 is 11.6 Å². The molecule has 0 radical (unpaired) electrons. The average molecular weight is 366 g/mol. The molecule has 1 aromatic rings. The molecule has 126 valence electrons. The van der Waals surface area contributed by atoms with Gasteiger partial charge in [-0.2, -0.15) is 0 Å². The van der Waals surface area contributed by atoms with Gasteiger partial charge in [0.15, 0.2) is 5.60 Å². The van der Waals surface area contributed by atoms with Crippen molar-refractivity contribution in [3.63, 3.8) is 0 Å². The lowest BCUT2D eigenvalue weighted by molar-refractivity contribution is -0.155. The van der Waals surface area contributed by atoms with Gasteiger partial charge in [0.2, 0.25) is 10.0 Å². The van der Waals surface area contributed by atoms with Crippen molar-refractivity contribution < 1.29 is 32.6 Å². The van der Waals surface area contributed by atoms with Crippen molar-refractivity contribution in [2.24, 2.45) is 0 Å². The predicted molar refractivity (Wildman–Crippen MR) is 80.1 cm³/mol. The highest BCUT2D eigenvalue weighted by Gasteiger charge is 2.33. The molecule has 7 nitrogen and oxygen atoms in total. The number of carboxylic acids is 1. The van der Waals surface area contributed by atoms with Crippen LogP contribution in [0, 0.1) is 5.82 Å². The lowest BCUT2D eigenvalue weighted by atomic mass is 10.1. The molecule has 10 heteroatoms. The van der Waals surface area contributed by atoms with Crippen LogP contribution in [0.4, 0.5) is 4.39 Å². The Morgan fingerprint density at radius 3 is 2.78 bits per heavy atom. The first-order valence-electron chi connectivity index (χ1n) is 6.31. The number of aliphatic hydroxyl groups is 1. The first-order chi connectivity index (χ1) is 10.5. The summed E-state index contributed by atoms with van der Waals surface area (Å²) >= 11 is 5.81. The summed E-state index contributed by atoms with van der Waals surface area (Å²) < 4.78 is 44.8. The van der Waals surface area contributed by atoms with Crippen LogP contribution < -0.4 is 9.46 Å². The zero-order valence-corrected chi connectivity index (χ0v) is 13.4. The summed E-state index contributed by atoms with van der Waals surface area (Å²) in [5.41, 5.74) is -2.12. The number of aliphatic carboxylic acids is 1. The number of halogens is 2. The standard InChI is InChI=1S/C13H13ClFNO6S/c1-13(19,12(17)18)6-16-23(20,21)9-3-7-2-8(15)4-10(14)11(7)22-5-9/h2-4,16,19H,5-6H2,1H3,(H,17,18). The van der Waals surface area contributed by atoms with Crippen molar-refractivity contribution in [3.8, 4) is 5.75 Å². The summed E-state index contributed by atoms with van der Waals surface area (Å²) in [5, 5.41) is 18.3. The number of nitrogens with one attached hydrogen (secondary N) is 1. The van der Waals surface area contributed by atoms with Gasteiger partial charge in [0.25, 0.3) is 0 Å². The number of ether oxygens (including phenoxy) is 1. The Hall–Kier alpha value is -1.68. The van der Waals surface area contributed by atoms with Crippen molar-refractivity contribution in [1.82, 2.24) is 4.72 Å².